The highest BCUT2D eigenvalue weighted by atomic mass is 32.2. The molecule has 0 radical (unpaired) electrons. The quantitative estimate of drug-likeness (QED) is 0.777. The number of aromatic nitrogens is 2. The van der Waals surface area contributed by atoms with E-state index in [1.165, 1.54) is 4.31 Å². The molecule has 1 fully saturated rings. The third-order valence-corrected chi connectivity index (χ3v) is 6.61. The number of benzene rings is 1. The molecule has 0 saturated carbocycles. The Morgan fingerprint density at radius 3 is 2.35 bits per heavy atom. The molecule has 3 rings (SSSR count). The SMILES string of the molecule is COc1cc(C)c(S(=O)(=O)N2CCN(Cc3nnc(C)o3)CC2)cc1C. The molecular formula is C17H24N4O4S. The van der Waals surface area contributed by atoms with Gasteiger partial charge in [-0.1, -0.05) is 0 Å². The normalized spacial score (nSPS) is 16.8. The Hall–Kier alpha value is -1.97. The van der Waals surface area contributed by atoms with Gasteiger partial charge in [0, 0.05) is 33.1 Å². The van der Waals surface area contributed by atoms with Crippen LogP contribution in [-0.2, 0) is 16.6 Å². The van der Waals surface area contributed by atoms with E-state index in [0.717, 1.165) is 5.56 Å². The van der Waals surface area contributed by atoms with E-state index >= 15 is 0 Å². The fraction of sp³-hybridized carbons (Fsp3) is 0.529. The predicted octanol–water partition coefficient (Wildman–Crippen LogP) is 1.51. The van der Waals surface area contributed by atoms with Crippen molar-refractivity contribution in [3.8, 4) is 5.75 Å². The Labute approximate surface area is 153 Å². The standard InChI is InChI=1S/C17H24N4O4S/c1-12-10-16(13(2)9-15(12)24-4)26(22,23)21-7-5-20(6-8-21)11-17-19-18-14(3)25-17/h9-10H,5-8,11H2,1-4H3. The minimum Gasteiger partial charge on any atom is -0.496 e. The fourth-order valence-electron chi connectivity index (χ4n) is 3.12. The van der Waals surface area contributed by atoms with Crippen LogP contribution >= 0.6 is 0 Å². The highest BCUT2D eigenvalue weighted by molar-refractivity contribution is 7.89. The molecule has 0 unspecified atom stereocenters. The van der Waals surface area contributed by atoms with Crippen molar-refractivity contribution in [3.63, 3.8) is 0 Å². The molecule has 0 aliphatic carbocycles. The number of hydrogen-bond acceptors (Lipinski definition) is 7. The van der Waals surface area contributed by atoms with Crippen LogP contribution in [0.2, 0.25) is 0 Å². The van der Waals surface area contributed by atoms with Crippen LogP contribution in [0, 0.1) is 20.8 Å². The summed E-state index contributed by atoms with van der Waals surface area (Å²) in [6, 6.07) is 3.47. The zero-order valence-corrected chi connectivity index (χ0v) is 16.3. The van der Waals surface area contributed by atoms with Crippen LogP contribution in [0.4, 0.5) is 0 Å². The molecule has 1 aromatic heterocycles. The number of hydrogen-bond donors (Lipinski definition) is 0. The Kier molecular flexibility index (Phi) is 5.31. The van der Waals surface area contributed by atoms with Crippen molar-refractivity contribution in [2.24, 2.45) is 0 Å². The first-order valence-corrected chi connectivity index (χ1v) is 9.92. The van der Waals surface area contributed by atoms with Gasteiger partial charge in [0.25, 0.3) is 0 Å². The first-order chi connectivity index (χ1) is 12.3. The van der Waals surface area contributed by atoms with Crippen molar-refractivity contribution in [2.45, 2.75) is 32.2 Å². The summed E-state index contributed by atoms with van der Waals surface area (Å²) < 4.78 is 38.3. The maximum absolute atomic E-state index is 13.1. The largest absolute Gasteiger partial charge is 0.496 e. The highest BCUT2D eigenvalue weighted by Gasteiger charge is 2.30. The number of sulfonamides is 1. The summed E-state index contributed by atoms with van der Waals surface area (Å²) in [7, 11) is -1.95. The first kappa shape index (κ1) is 18.8. The zero-order valence-electron chi connectivity index (χ0n) is 15.5. The lowest BCUT2D eigenvalue weighted by atomic mass is 10.1. The summed E-state index contributed by atoms with van der Waals surface area (Å²) in [6.07, 6.45) is 0. The lowest BCUT2D eigenvalue weighted by Gasteiger charge is -2.33. The number of ether oxygens (including phenoxy) is 1. The lowest BCUT2D eigenvalue weighted by Crippen LogP contribution is -2.48. The smallest absolute Gasteiger partial charge is 0.243 e. The van der Waals surface area contributed by atoms with Gasteiger partial charge in [0.15, 0.2) is 0 Å². The zero-order chi connectivity index (χ0) is 18.9. The van der Waals surface area contributed by atoms with E-state index in [-0.39, 0.29) is 0 Å². The van der Waals surface area contributed by atoms with Gasteiger partial charge in [-0.2, -0.15) is 4.31 Å². The van der Waals surface area contributed by atoms with Gasteiger partial charge in [0.2, 0.25) is 21.8 Å². The van der Waals surface area contributed by atoms with Gasteiger partial charge >= 0.3 is 0 Å². The first-order valence-electron chi connectivity index (χ1n) is 8.48. The van der Waals surface area contributed by atoms with Crippen LogP contribution < -0.4 is 4.74 Å². The Bertz CT molecular complexity index is 886. The summed E-state index contributed by atoms with van der Waals surface area (Å²) >= 11 is 0. The van der Waals surface area contributed by atoms with Crippen LogP contribution in [0.3, 0.4) is 0 Å². The molecule has 0 atom stereocenters. The van der Waals surface area contributed by atoms with Crippen LogP contribution in [0.5, 0.6) is 5.75 Å². The van der Waals surface area contributed by atoms with Crippen LogP contribution in [0.1, 0.15) is 22.9 Å². The molecule has 2 aromatic rings. The van der Waals surface area contributed by atoms with Crippen molar-refractivity contribution >= 4 is 10.0 Å². The highest BCUT2D eigenvalue weighted by Crippen LogP contribution is 2.28. The van der Waals surface area contributed by atoms with Gasteiger partial charge in [-0.3, -0.25) is 4.90 Å². The van der Waals surface area contributed by atoms with E-state index in [1.54, 1.807) is 33.1 Å². The average Bonchev–Trinajstić information content (AvgIpc) is 3.01. The molecule has 0 spiro atoms. The number of nitrogens with zero attached hydrogens (tertiary/aromatic N) is 4. The van der Waals surface area contributed by atoms with Crippen molar-refractivity contribution < 1.29 is 17.6 Å². The molecule has 0 amide bonds. The van der Waals surface area contributed by atoms with Crippen LogP contribution in [0.15, 0.2) is 21.4 Å². The van der Waals surface area contributed by atoms with E-state index < -0.39 is 10.0 Å². The van der Waals surface area contributed by atoms with Crippen molar-refractivity contribution in [3.05, 3.63) is 35.0 Å². The van der Waals surface area contributed by atoms with Gasteiger partial charge in [-0.25, -0.2) is 8.42 Å². The second kappa shape index (κ2) is 7.34. The van der Waals surface area contributed by atoms with Crippen molar-refractivity contribution in [1.82, 2.24) is 19.4 Å². The fourth-order valence-corrected chi connectivity index (χ4v) is 4.83. The molecule has 1 aliphatic heterocycles. The minimum absolute atomic E-state index is 0.344. The monoisotopic (exact) mass is 380 g/mol. The number of methoxy groups -OCH3 is 1. The number of piperazine rings is 1. The maximum Gasteiger partial charge on any atom is 0.243 e. The third kappa shape index (κ3) is 3.74. The predicted molar refractivity (Wildman–Crippen MR) is 95.5 cm³/mol. The lowest BCUT2D eigenvalue weighted by molar-refractivity contribution is 0.167. The molecular weight excluding hydrogens is 356 g/mol. The molecule has 0 N–H and O–H groups in total. The van der Waals surface area contributed by atoms with Crippen molar-refractivity contribution in [2.75, 3.05) is 33.3 Å². The van der Waals surface area contributed by atoms with Crippen LogP contribution in [-0.4, -0.2) is 61.1 Å². The summed E-state index contributed by atoms with van der Waals surface area (Å²) in [5, 5.41) is 7.81. The van der Waals surface area contributed by atoms with Gasteiger partial charge in [-0.15, -0.1) is 10.2 Å². The molecule has 2 heterocycles. The summed E-state index contributed by atoms with van der Waals surface area (Å²) in [4.78, 5) is 2.46. The molecule has 26 heavy (non-hydrogen) atoms. The average molecular weight is 380 g/mol. The number of aryl methyl sites for hydroxylation is 3. The Morgan fingerprint density at radius 1 is 1.08 bits per heavy atom. The molecule has 1 aromatic carbocycles. The minimum atomic E-state index is -3.53. The summed E-state index contributed by atoms with van der Waals surface area (Å²) in [5.74, 6) is 1.79. The molecule has 1 saturated heterocycles. The van der Waals surface area contributed by atoms with E-state index in [4.69, 9.17) is 9.15 Å². The van der Waals surface area contributed by atoms with E-state index in [0.29, 0.717) is 60.7 Å². The van der Waals surface area contributed by atoms with Gasteiger partial charge in [0.05, 0.1) is 18.6 Å². The second-order valence-electron chi connectivity index (χ2n) is 6.48. The Morgan fingerprint density at radius 2 is 1.77 bits per heavy atom. The summed E-state index contributed by atoms with van der Waals surface area (Å²) in [6.45, 7) is 8.03. The molecule has 0 bridgehead atoms. The van der Waals surface area contributed by atoms with Gasteiger partial charge in [0.1, 0.15) is 5.75 Å². The van der Waals surface area contributed by atoms with E-state index in [9.17, 15) is 8.42 Å². The molecule has 9 heteroatoms. The molecule has 142 valence electrons. The van der Waals surface area contributed by atoms with E-state index in [1.807, 2.05) is 6.92 Å². The third-order valence-electron chi connectivity index (χ3n) is 4.57. The number of rotatable bonds is 5. The van der Waals surface area contributed by atoms with Crippen molar-refractivity contribution in [1.29, 1.82) is 0 Å². The molecule has 8 nitrogen and oxygen atoms in total. The van der Waals surface area contributed by atoms with Gasteiger partial charge in [-0.05, 0) is 37.1 Å². The van der Waals surface area contributed by atoms with E-state index in [2.05, 4.69) is 15.1 Å². The van der Waals surface area contributed by atoms with Gasteiger partial charge < -0.3 is 9.15 Å². The second-order valence-corrected chi connectivity index (χ2v) is 8.39. The topological polar surface area (TPSA) is 88.8 Å². The maximum atomic E-state index is 13.1. The summed E-state index contributed by atoms with van der Waals surface area (Å²) in [5.41, 5.74) is 1.50. The van der Waals surface area contributed by atoms with Crippen LogP contribution in [0.25, 0.3) is 0 Å². The Balaban J connectivity index is 1.71. The molecule has 1 aliphatic rings.